The molecular weight excluding hydrogens is 308 g/mol. The Balaban J connectivity index is 2.25. The summed E-state index contributed by atoms with van der Waals surface area (Å²) in [6, 6.07) is 9.35. The Hall–Kier alpha value is -0.960. The molecule has 1 N–H and O–H groups in total. The summed E-state index contributed by atoms with van der Waals surface area (Å²) in [6.07, 6.45) is 0. The van der Waals surface area contributed by atoms with Crippen molar-refractivity contribution in [1.29, 1.82) is 0 Å². The summed E-state index contributed by atoms with van der Waals surface area (Å²) in [7, 11) is 0. The van der Waals surface area contributed by atoms with Gasteiger partial charge in [-0.2, -0.15) is 0 Å². The molecule has 0 spiro atoms. The summed E-state index contributed by atoms with van der Waals surface area (Å²) in [5.41, 5.74) is 1.50. The third-order valence-electron chi connectivity index (χ3n) is 2.73. The Morgan fingerprint density at radius 3 is 2.42 bits per heavy atom. The summed E-state index contributed by atoms with van der Waals surface area (Å²) in [4.78, 5) is 0. The van der Waals surface area contributed by atoms with Crippen molar-refractivity contribution in [3.8, 4) is 0 Å². The quantitative estimate of drug-likeness (QED) is 0.736. The molecule has 0 fully saturated rings. The maximum Gasteiger partial charge on any atom is 0.124 e. The smallest absolute Gasteiger partial charge is 0.124 e. The van der Waals surface area contributed by atoms with Crippen molar-refractivity contribution in [3.05, 3.63) is 62.8 Å². The Morgan fingerprint density at radius 2 is 1.74 bits per heavy atom. The monoisotopic (exact) mass is 317 g/mol. The van der Waals surface area contributed by atoms with Gasteiger partial charge in [-0.3, -0.25) is 0 Å². The topological polar surface area (TPSA) is 12.0 Å². The fraction of sp³-hybridized carbons (Fsp3) is 0.143. The van der Waals surface area contributed by atoms with E-state index in [1.165, 1.54) is 12.1 Å². The Labute approximate surface area is 126 Å². The van der Waals surface area contributed by atoms with Crippen LogP contribution in [-0.2, 0) is 0 Å². The predicted octanol–water partition coefficient (Wildman–Crippen LogP) is 5.96. The van der Waals surface area contributed by atoms with Crippen LogP contribution in [0.1, 0.15) is 18.5 Å². The Morgan fingerprint density at radius 1 is 1.00 bits per heavy atom. The highest BCUT2D eigenvalue weighted by molar-refractivity contribution is 6.34. The molecule has 0 aliphatic rings. The van der Waals surface area contributed by atoms with Gasteiger partial charge in [-0.25, -0.2) is 4.39 Å². The fourth-order valence-corrected chi connectivity index (χ4v) is 2.45. The van der Waals surface area contributed by atoms with Crippen LogP contribution in [0.15, 0.2) is 36.4 Å². The summed E-state index contributed by atoms with van der Waals surface area (Å²) in [6.45, 7) is 1.93. The highest BCUT2D eigenvalue weighted by atomic mass is 35.5. The SMILES string of the molecule is CC(Nc1ccc(F)cc1Cl)c1cc(Cl)ccc1Cl. The first-order chi connectivity index (χ1) is 8.97. The molecule has 0 bridgehead atoms. The van der Waals surface area contributed by atoms with E-state index in [2.05, 4.69) is 5.32 Å². The van der Waals surface area contributed by atoms with Gasteiger partial charge in [0, 0.05) is 10.0 Å². The van der Waals surface area contributed by atoms with Crippen LogP contribution in [0.3, 0.4) is 0 Å². The molecule has 100 valence electrons. The molecule has 0 radical (unpaired) electrons. The summed E-state index contributed by atoms with van der Waals surface area (Å²) >= 11 is 18.1. The Bertz CT molecular complexity index is 601. The summed E-state index contributed by atoms with van der Waals surface area (Å²) in [5, 5.41) is 4.73. The lowest BCUT2D eigenvalue weighted by Gasteiger charge is -2.18. The highest BCUT2D eigenvalue weighted by Gasteiger charge is 2.12. The molecule has 0 aliphatic carbocycles. The Kier molecular flexibility index (Phi) is 4.56. The van der Waals surface area contributed by atoms with E-state index < -0.39 is 0 Å². The molecular formula is C14H11Cl3FN. The van der Waals surface area contributed by atoms with Gasteiger partial charge in [-0.05, 0) is 48.9 Å². The lowest BCUT2D eigenvalue weighted by atomic mass is 10.1. The molecule has 2 rings (SSSR count). The third kappa shape index (κ3) is 3.53. The van der Waals surface area contributed by atoms with Gasteiger partial charge in [-0.1, -0.05) is 34.8 Å². The van der Waals surface area contributed by atoms with Gasteiger partial charge in [-0.15, -0.1) is 0 Å². The maximum atomic E-state index is 13.0. The minimum atomic E-state index is -0.371. The van der Waals surface area contributed by atoms with E-state index in [0.29, 0.717) is 20.8 Å². The fourth-order valence-electron chi connectivity index (χ4n) is 1.76. The van der Waals surface area contributed by atoms with E-state index in [4.69, 9.17) is 34.8 Å². The van der Waals surface area contributed by atoms with Crippen molar-refractivity contribution in [3.63, 3.8) is 0 Å². The molecule has 0 saturated heterocycles. The second-order valence-electron chi connectivity index (χ2n) is 4.16. The van der Waals surface area contributed by atoms with Crippen LogP contribution in [0.2, 0.25) is 15.1 Å². The first kappa shape index (κ1) is 14.4. The molecule has 1 unspecified atom stereocenters. The van der Waals surface area contributed by atoms with Crippen LogP contribution in [-0.4, -0.2) is 0 Å². The van der Waals surface area contributed by atoms with E-state index >= 15 is 0 Å². The van der Waals surface area contributed by atoms with Crippen LogP contribution < -0.4 is 5.32 Å². The molecule has 5 heteroatoms. The van der Waals surface area contributed by atoms with Crippen LogP contribution in [0.25, 0.3) is 0 Å². The molecule has 0 heterocycles. The molecule has 0 aliphatic heterocycles. The van der Waals surface area contributed by atoms with Crippen molar-refractivity contribution in [1.82, 2.24) is 0 Å². The standard InChI is InChI=1S/C14H11Cl3FN/c1-8(11-6-9(15)2-4-12(11)16)19-14-5-3-10(18)7-13(14)17/h2-8,19H,1H3. The molecule has 0 aromatic heterocycles. The molecule has 19 heavy (non-hydrogen) atoms. The normalized spacial score (nSPS) is 12.3. The van der Waals surface area contributed by atoms with E-state index in [1.807, 2.05) is 6.92 Å². The van der Waals surface area contributed by atoms with Gasteiger partial charge >= 0.3 is 0 Å². The number of rotatable bonds is 3. The molecule has 1 nitrogen and oxygen atoms in total. The van der Waals surface area contributed by atoms with E-state index in [9.17, 15) is 4.39 Å². The number of halogens is 4. The second-order valence-corrected chi connectivity index (χ2v) is 5.41. The third-order valence-corrected chi connectivity index (χ3v) is 3.62. The minimum Gasteiger partial charge on any atom is -0.377 e. The first-order valence-electron chi connectivity index (χ1n) is 5.64. The average molecular weight is 319 g/mol. The van der Waals surface area contributed by atoms with E-state index in [1.54, 1.807) is 24.3 Å². The predicted molar refractivity (Wildman–Crippen MR) is 79.9 cm³/mol. The average Bonchev–Trinajstić information content (AvgIpc) is 2.35. The summed E-state index contributed by atoms with van der Waals surface area (Å²) < 4.78 is 13.0. The number of hydrogen-bond acceptors (Lipinski definition) is 1. The molecule has 0 amide bonds. The van der Waals surface area contributed by atoms with Crippen LogP contribution in [0.5, 0.6) is 0 Å². The van der Waals surface area contributed by atoms with Gasteiger partial charge in [0.05, 0.1) is 16.8 Å². The second kappa shape index (κ2) is 6.00. The minimum absolute atomic E-state index is 0.103. The van der Waals surface area contributed by atoms with Crippen LogP contribution in [0, 0.1) is 5.82 Å². The van der Waals surface area contributed by atoms with Gasteiger partial charge < -0.3 is 5.32 Å². The molecule has 0 saturated carbocycles. The summed E-state index contributed by atoms with van der Waals surface area (Å²) in [5.74, 6) is -0.371. The van der Waals surface area contributed by atoms with Gasteiger partial charge in [0.2, 0.25) is 0 Å². The van der Waals surface area contributed by atoms with Crippen molar-refractivity contribution in [2.24, 2.45) is 0 Å². The van der Waals surface area contributed by atoms with E-state index in [0.717, 1.165) is 5.56 Å². The lowest BCUT2D eigenvalue weighted by Crippen LogP contribution is -2.07. The zero-order chi connectivity index (χ0) is 14.0. The van der Waals surface area contributed by atoms with Crippen LogP contribution >= 0.6 is 34.8 Å². The lowest BCUT2D eigenvalue weighted by molar-refractivity contribution is 0.628. The zero-order valence-corrected chi connectivity index (χ0v) is 12.3. The van der Waals surface area contributed by atoms with Crippen LogP contribution in [0.4, 0.5) is 10.1 Å². The number of nitrogens with one attached hydrogen (secondary N) is 1. The van der Waals surface area contributed by atoms with Gasteiger partial charge in [0.15, 0.2) is 0 Å². The van der Waals surface area contributed by atoms with E-state index in [-0.39, 0.29) is 11.9 Å². The molecule has 1 atom stereocenters. The van der Waals surface area contributed by atoms with Crippen molar-refractivity contribution in [2.75, 3.05) is 5.32 Å². The van der Waals surface area contributed by atoms with Gasteiger partial charge in [0.25, 0.3) is 0 Å². The number of benzene rings is 2. The number of hydrogen-bond donors (Lipinski definition) is 1. The van der Waals surface area contributed by atoms with Crippen molar-refractivity contribution < 1.29 is 4.39 Å². The van der Waals surface area contributed by atoms with Gasteiger partial charge in [0.1, 0.15) is 5.82 Å². The molecule has 2 aromatic rings. The van der Waals surface area contributed by atoms with Crippen molar-refractivity contribution >= 4 is 40.5 Å². The van der Waals surface area contributed by atoms with Crippen molar-refractivity contribution in [2.45, 2.75) is 13.0 Å². The zero-order valence-electron chi connectivity index (χ0n) is 10.1. The molecule has 2 aromatic carbocycles. The maximum absolute atomic E-state index is 13.0. The number of anilines is 1. The highest BCUT2D eigenvalue weighted by Crippen LogP contribution is 2.31. The largest absolute Gasteiger partial charge is 0.377 e. The first-order valence-corrected chi connectivity index (χ1v) is 6.77.